The third kappa shape index (κ3) is 5.52. The number of halogens is 3. The Bertz CT molecular complexity index is 757. The van der Waals surface area contributed by atoms with Gasteiger partial charge < -0.3 is 16.2 Å². The molecule has 1 atom stereocenters. The second-order valence-electron chi connectivity index (χ2n) is 5.20. The van der Waals surface area contributed by atoms with Crippen molar-refractivity contribution in [2.45, 2.75) is 18.7 Å². The molecule has 2 aromatic rings. The summed E-state index contributed by atoms with van der Waals surface area (Å²) in [5, 5.41) is 0. The highest BCUT2D eigenvalue weighted by atomic mass is 19.4. The number of amides is 1. The molecule has 4 N–H and O–H groups in total. The van der Waals surface area contributed by atoms with Gasteiger partial charge in [-0.2, -0.15) is 4.99 Å². The van der Waals surface area contributed by atoms with Gasteiger partial charge in [0.05, 0.1) is 5.92 Å². The molecule has 0 fully saturated rings. The quantitative estimate of drug-likeness (QED) is 0.640. The third-order valence-electron chi connectivity index (χ3n) is 3.36. The van der Waals surface area contributed by atoms with Gasteiger partial charge in [0, 0.05) is 0 Å². The molecule has 8 heteroatoms. The van der Waals surface area contributed by atoms with Crippen molar-refractivity contribution >= 4 is 11.9 Å². The average Bonchev–Trinajstić information content (AvgIpc) is 2.52. The molecule has 0 aliphatic carbocycles. The van der Waals surface area contributed by atoms with Crippen LogP contribution >= 0.6 is 0 Å². The average molecular weight is 351 g/mol. The van der Waals surface area contributed by atoms with Crippen molar-refractivity contribution in [3.05, 3.63) is 65.7 Å². The van der Waals surface area contributed by atoms with E-state index in [0.717, 1.165) is 0 Å². The summed E-state index contributed by atoms with van der Waals surface area (Å²) in [6, 6.07) is 14.2. The smallest absolute Gasteiger partial charge is 0.406 e. The van der Waals surface area contributed by atoms with E-state index < -0.39 is 24.1 Å². The van der Waals surface area contributed by atoms with Crippen LogP contribution in [0.25, 0.3) is 0 Å². The minimum atomic E-state index is -4.83. The van der Waals surface area contributed by atoms with E-state index in [4.69, 9.17) is 11.5 Å². The molecule has 0 aliphatic heterocycles. The van der Waals surface area contributed by atoms with Gasteiger partial charge in [0.25, 0.3) is 5.91 Å². The highest BCUT2D eigenvalue weighted by Crippen LogP contribution is 2.31. The Labute approximate surface area is 142 Å². The van der Waals surface area contributed by atoms with Gasteiger partial charge in [-0.1, -0.05) is 48.5 Å². The van der Waals surface area contributed by atoms with E-state index in [1.807, 2.05) is 0 Å². The van der Waals surface area contributed by atoms with Crippen molar-refractivity contribution in [1.82, 2.24) is 0 Å². The molecule has 25 heavy (non-hydrogen) atoms. The molecular weight excluding hydrogens is 335 g/mol. The summed E-state index contributed by atoms with van der Waals surface area (Å²) >= 11 is 0. The highest BCUT2D eigenvalue weighted by molar-refractivity contribution is 5.95. The lowest BCUT2D eigenvalue weighted by atomic mass is 9.91. The number of carbonyl (C=O) groups is 1. The van der Waals surface area contributed by atoms with Crippen LogP contribution in [0.5, 0.6) is 5.75 Å². The van der Waals surface area contributed by atoms with E-state index in [2.05, 4.69) is 9.73 Å². The van der Waals surface area contributed by atoms with E-state index in [-0.39, 0.29) is 17.7 Å². The summed E-state index contributed by atoms with van der Waals surface area (Å²) in [6.07, 6.45) is -4.88. The van der Waals surface area contributed by atoms with Crippen LogP contribution < -0.4 is 16.2 Å². The van der Waals surface area contributed by atoms with Gasteiger partial charge in [0.2, 0.25) is 0 Å². The van der Waals surface area contributed by atoms with Crippen LogP contribution in [-0.2, 0) is 11.2 Å². The number of aliphatic imine (C=N–C) groups is 1. The van der Waals surface area contributed by atoms with Crippen LogP contribution in [0.15, 0.2) is 59.6 Å². The van der Waals surface area contributed by atoms with Crippen molar-refractivity contribution in [3.8, 4) is 5.75 Å². The van der Waals surface area contributed by atoms with E-state index in [0.29, 0.717) is 5.56 Å². The lowest BCUT2D eigenvalue weighted by Gasteiger charge is -2.17. The number of rotatable bonds is 5. The van der Waals surface area contributed by atoms with Gasteiger partial charge in [-0.05, 0) is 23.6 Å². The summed E-state index contributed by atoms with van der Waals surface area (Å²) in [5.74, 6) is -2.27. The number of carbonyl (C=O) groups excluding carboxylic acids is 1. The first-order chi connectivity index (χ1) is 11.8. The fourth-order valence-corrected chi connectivity index (χ4v) is 2.35. The Kier molecular flexibility index (Phi) is 5.63. The van der Waals surface area contributed by atoms with Crippen LogP contribution in [-0.4, -0.2) is 18.2 Å². The molecule has 0 aliphatic rings. The van der Waals surface area contributed by atoms with Gasteiger partial charge in [-0.3, -0.25) is 4.79 Å². The standard InChI is InChI=1S/C17H16F3N3O2/c18-17(19,20)25-14-9-5-4-8-12(14)10-13(15(24)23-16(21)22)11-6-2-1-3-7-11/h1-9,13H,10H2,(H4,21,22,23,24)/t13-/m1/s1. The lowest BCUT2D eigenvalue weighted by molar-refractivity contribution is -0.274. The van der Waals surface area contributed by atoms with E-state index >= 15 is 0 Å². The number of alkyl halides is 3. The molecule has 2 rings (SSSR count). The third-order valence-corrected chi connectivity index (χ3v) is 3.36. The summed E-state index contributed by atoms with van der Waals surface area (Å²) in [4.78, 5) is 15.9. The predicted octanol–water partition coefficient (Wildman–Crippen LogP) is 2.71. The molecule has 0 saturated carbocycles. The number of nitrogens with zero attached hydrogens (tertiary/aromatic N) is 1. The molecule has 5 nitrogen and oxygen atoms in total. The minimum Gasteiger partial charge on any atom is -0.406 e. The van der Waals surface area contributed by atoms with Crippen molar-refractivity contribution in [3.63, 3.8) is 0 Å². The highest BCUT2D eigenvalue weighted by Gasteiger charge is 2.32. The first kappa shape index (κ1) is 18.3. The fraction of sp³-hybridized carbons (Fsp3) is 0.176. The lowest BCUT2D eigenvalue weighted by Crippen LogP contribution is -2.26. The van der Waals surface area contributed by atoms with Crippen LogP contribution in [0.2, 0.25) is 0 Å². The van der Waals surface area contributed by atoms with Gasteiger partial charge in [-0.25, -0.2) is 0 Å². The summed E-state index contributed by atoms with van der Waals surface area (Å²) in [5.41, 5.74) is 11.3. The molecule has 0 radical (unpaired) electrons. The van der Waals surface area contributed by atoms with Crippen LogP contribution in [0.4, 0.5) is 13.2 Å². The summed E-state index contributed by atoms with van der Waals surface area (Å²) in [7, 11) is 0. The Balaban J connectivity index is 2.38. The second-order valence-corrected chi connectivity index (χ2v) is 5.20. The Morgan fingerprint density at radius 2 is 1.64 bits per heavy atom. The van der Waals surface area contributed by atoms with Gasteiger partial charge in [-0.15, -0.1) is 13.2 Å². The molecule has 0 saturated heterocycles. The molecule has 0 spiro atoms. The summed E-state index contributed by atoms with van der Waals surface area (Å²) < 4.78 is 41.7. The Morgan fingerprint density at radius 3 is 2.24 bits per heavy atom. The number of hydrogen-bond acceptors (Lipinski definition) is 2. The molecule has 132 valence electrons. The first-order valence-electron chi connectivity index (χ1n) is 7.28. The largest absolute Gasteiger partial charge is 0.573 e. The molecule has 0 heterocycles. The minimum absolute atomic E-state index is 0.0497. The molecule has 0 unspecified atom stereocenters. The van der Waals surface area contributed by atoms with E-state index in [1.165, 1.54) is 18.2 Å². The Morgan fingerprint density at radius 1 is 1.04 bits per heavy atom. The predicted molar refractivity (Wildman–Crippen MR) is 86.8 cm³/mol. The SMILES string of the molecule is NC(N)=NC(=O)[C@H](Cc1ccccc1OC(F)(F)F)c1ccccc1. The van der Waals surface area contributed by atoms with Crippen molar-refractivity contribution in [2.75, 3.05) is 0 Å². The number of benzene rings is 2. The zero-order chi connectivity index (χ0) is 18.4. The van der Waals surface area contributed by atoms with Crippen molar-refractivity contribution in [1.29, 1.82) is 0 Å². The molecule has 0 aromatic heterocycles. The van der Waals surface area contributed by atoms with Gasteiger partial charge in [0.1, 0.15) is 5.75 Å². The topological polar surface area (TPSA) is 90.7 Å². The second kappa shape index (κ2) is 7.69. The van der Waals surface area contributed by atoms with Gasteiger partial charge >= 0.3 is 6.36 Å². The molecule has 2 aromatic carbocycles. The molecular formula is C17H16F3N3O2. The number of nitrogens with two attached hydrogens (primary N) is 2. The number of para-hydroxylation sites is 1. The van der Waals surface area contributed by atoms with Crippen LogP contribution in [0.3, 0.4) is 0 Å². The zero-order valence-corrected chi connectivity index (χ0v) is 13.0. The Hall–Kier alpha value is -3.03. The molecule has 1 amide bonds. The zero-order valence-electron chi connectivity index (χ0n) is 13.0. The summed E-state index contributed by atoms with van der Waals surface area (Å²) in [6.45, 7) is 0. The van der Waals surface area contributed by atoms with Crippen LogP contribution in [0.1, 0.15) is 17.0 Å². The normalized spacial score (nSPS) is 12.3. The fourth-order valence-electron chi connectivity index (χ4n) is 2.35. The number of hydrogen-bond donors (Lipinski definition) is 2. The number of ether oxygens (including phenoxy) is 1. The number of guanidine groups is 1. The van der Waals surface area contributed by atoms with E-state index in [9.17, 15) is 18.0 Å². The maximum Gasteiger partial charge on any atom is 0.573 e. The van der Waals surface area contributed by atoms with E-state index in [1.54, 1.807) is 36.4 Å². The maximum absolute atomic E-state index is 12.6. The maximum atomic E-state index is 12.6. The van der Waals surface area contributed by atoms with Crippen molar-refractivity contribution < 1.29 is 22.7 Å². The van der Waals surface area contributed by atoms with Crippen LogP contribution in [0, 0.1) is 0 Å². The first-order valence-corrected chi connectivity index (χ1v) is 7.28. The molecule has 0 bridgehead atoms. The van der Waals surface area contributed by atoms with Crippen molar-refractivity contribution in [2.24, 2.45) is 16.5 Å². The van der Waals surface area contributed by atoms with Gasteiger partial charge in [0.15, 0.2) is 5.96 Å². The monoisotopic (exact) mass is 351 g/mol.